The summed E-state index contributed by atoms with van der Waals surface area (Å²) in [5.41, 5.74) is 11.8. The Morgan fingerprint density at radius 2 is 0.830 bits per heavy atom. The zero-order valence-electron chi connectivity index (χ0n) is 28.7. The molecule has 6 rings (SSSR count). The Bertz CT molecular complexity index is 1720. The highest BCUT2D eigenvalue weighted by Crippen LogP contribution is 2.59. The van der Waals surface area contributed by atoms with E-state index in [1.807, 2.05) is 6.07 Å². The molecule has 1 N–H and O–H groups in total. The van der Waals surface area contributed by atoms with Gasteiger partial charge >= 0.3 is 0 Å². The van der Waals surface area contributed by atoms with Crippen molar-refractivity contribution in [1.29, 1.82) is 0 Å². The zero-order valence-corrected chi connectivity index (χ0v) is 30.4. The summed E-state index contributed by atoms with van der Waals surface area (Å²) in [6, 6.07) is 35.8. The summed E-state index contributed by atoms with van der Waals surface area (Å²) < 4.78 is 0. The van der Waals surface area contributed by atoms with Gasteiger partial charge in [-0.05, 0) is 103 Å². The summed E-state index contributed by atoms with van der Waals surface area (Å²) in [5.74, 6) is 0.762. The maximum absolute atomic E-state index is 12.5. The molecule has 0 bridgehead atoms. The second-order valence-corrected chi connectivity index (χ2v) is 17.5. The smallest absolute Gasteiger partial charge is 0.0875 e. The lowest BCUT2D eigenvalue weighted by molar-refractivity contribution is 0.200. The maximum Gasteiger partial charge on any atom is 0.0875 e. The average molecular weight is 649 g/mol. The molecule has 0 amide bonds. The third-order valence-corrected chi connectivity index (χ3v) is 13.2. The summed E-state index contributed by atoms with van der Waals surface area (Å²) in [6.07, 6.45) is 9.12. The molecule has 0 aromatic heterocycles. The van der Waals surface area contributed by atoms with E-state index in [4.69, 9.17) is 0 Å². The molecule has 0 unspecified atom stereocenters. The Morgan fingerprint density at radius 1 is 0.468 bits per heavy atom. The Labute approximate surface area is 286 Å². The average Bonchev–Trinajstić information content (AvgIpc) is 3.45. The van der Waals surface area contributed by atoms with Crippen molar-refractivity contribution in [1.82, 2.24) is 0 Å². The van der Waals surface area contributed by atoms with E-state index < -0.39 is 21.9 Å². The Kier molecular flexibility index (Phi) is 10.2. The summed E-state index contributed by atoms with van der Waals surface area (Å²) in [7, 11) is -1.98. The Hall–Kier alpha value is -3.08. The lowest BCUT2D eigenvalue weighted by Gasteiger charge is -2.33. The van der Waals surface area contributed by atoms with Gasteiger partial charge in [-0.1, -0.05) is 142 Å². The van der Waals surface area contributed by atoms with E-state index in [0.29, 0.717) is 0 Å². The van der Waals surface area contributed by atoms with Gasteiger partial charge in [-0.15, -0.1) is 0 Å². The highest BCUT2D eigenvalue weighted by molar-refractivity contribution is 7.80. The predicted molar refractivity (Wildman–Crippen MR) is 203 cm³/mol. The molecule has 0 aliphatic heterocycles. The zero-order chi connectivity index (χ0) is 33.4. The molecule has 1 saturated carbocycles. The van der Waals surface area contributed by atoms with Crippen LogP contribution in [0.25, 0.3) is 0 Å². The van der Waals surface area contributed by atoms with Crippen LogP contribution in [0, 0.1) is 86.2 Å². The highest BCUT2D eigenvalue weighted by Gasteiger charge is 2.43. The number of hydrogen-bond acceptors (Lipinski definition) is 1. The van der Waals surface area contributed by atoms with E-state index in [2.05, 4.69) is 166 Å². The summed E-state index contributed by atoms with van der Waals surface area (Å²) in [4.78, 5) is 0. The minimum atomic E-state index is -1.02. The standard InChI is InChI=1S/C44H42OP2/c1-28-16-29(2)21-36(20-28)46(37-22-30(3)17-31(4)23-37)42-14-10-9-12-40(42)44(45)41-13-11-15-43(41)47(38-24-32(5)18-33(6)25-38)39-26-34(7)19-35(8)27-39/h9-10,12,14,16-27,44-45H,1-8H3/t44-/m0/s1. The van der Waals surface area contributed by atoms with Gasteiger partial charge in [-0.2, -0.15) is 0 Å². The maximum atomic E-state index is 12.5. The van der Waals surface area contributed by atoms with Crippen molar-refractivity contribution in [2.24, 2.45) is 0 Å². The molecule has 3 heteroatoms. The summed E-state index contributed by atoms with van der Waals surface area (Å²) in [6.45, 7) is 17.3. The van der Waals surface area contributed by atoms with E-state index in [1.165, 1.54) is 65.7 Å². The van der Waals surface area contributed by atoms with Gasteiger partial charge in [0.1, 0.15) is 0 Å². The monoisotopic (exact) mass is 648 g/mol. The van der Waals surface area contributed by atoms with E-state index >= 15 is 0 Å². The summed E-state index contributed by atoms with van der Waals surface area (Å²) in [5, 5.41) is 18.8. The topological polar surface area (TPSA) is 20.2 Å². The van der Waals surface area contributed by atoms with Crippen LogP contribution < -0.4 is 26.5 Å². The van der Waals surface area contributed by atoms with E-state index in [1.54, 1.807) is 0 Å². The van der Waals surface area contributed by atoms with E-state index in [9.17, 15) is 5.11 Å². The first-order valence-electron chi connectivity index (χ1n) is 16.2. The molecule has 5 aromatic rings. The van der Waals surface area contributed by atoms with Crippen LogP contribution in [0.3, 0.4) is 0 Å². The lowest BCUT2D eigenvalue weighted by Crippen LogP contribution is -2.28. The third-order valence-electron chi connectivity index (χ3n) is 8.46. The lowest BCUT2D eigenvalue weighted by atomic mass is 9.94. The molecule has 5 aromatic carbocycles. The van der Waals surface area contributed by atoms with Gasteiger partial charge in [-0.25, -0.2) is 0 Å². The molecule has 1 atom stereocenters. The normalized spacial score (nSPS) is 14.8. The molecule has 1 aliphatic carbocycles. The third kappa shape index (κ3) is 7.50. The minimum absolute atomic E-state index is 0.762. The van der Waals surface area contributed by atoms with Gasteiger partial charge in [0.05, 0.1) is 6.10 Å². The number of aliphatic hydroxyl groups excluding tert-OH is 1. The fourth-order valence-corrected chi connectivity index (χ4v) is 12.5. The van der Waals surface area contributed by atoms with Gasteiger partial charge in [-0.3, -0.25) is 0 Å². The Balaban J connectivity index is 1.48. The van der Waals surface area contributed by atoms with Crippen molar-refractivity contribution in [3.63, 3.8) is 0 Å². The van der Waals surface area contributed by atoms with Crippen LogP contribution >= 0.6 is 15.8 Å². The van der Waals surface area contributed by atoms with Crippen molar-refractivity contribution >= 4 is 42.4 Å². The van der Waals surface area contributed by atoms with Crippen molar-refractivity contribution in [2.45, 2.75) is 61.5 Å². The van der Waals surface area contributed by atoms with E-state index in [-0.39, 0.29) is 0 Å². The molecular weight excluding hydrogens is 606 g/mol. The first kappa shape index (κ1) is 33.8. The second-order valence-electron chi connectivity index (χ2n) is 13.2. The van der Waals surface area contributed by atoms with Crippen LogP contribution in [0.4, 0.5) is 0 Å². The first-order valence-corrected chi connectivity index (χ1v) is 18.9. The second kappa shape index (κ2) is 14.2. The number of rotatable bonds is 8. The predicted octanol–water partition coefficient (Wildman–Crippen LogP) is 8.44. The van der Waals surface area contributed by atoms with Gasteiger partial charge in [0.2, 0.25) is 0 Å². The fraction of sp³-hybridized carbons (Fsp3) is 0.205. The van der Waals surface area contributed by atoms with Crippen LogP contribution in [0.15, 0.2) is 97.1 Å². The van der Waals surface area contributed by atoms with Gasteiger partial charge in [0, 0.05) is 30.8 Å². The van der Waals surface area contributed by atoms with Crippen molar-refractivity contribution in [3.05, 3.63) is 178 Å². The van der Waals surface area contributed by atoms with Gasteiger partial charge in [0.15, 0.2) is 0 Å². The molecule has 0 spiro atoms. The van der Waals surface area contributed by atoms with Crippen LogP contribution in [-0.2, 0) is 0 Å². The fourth-order valence-electron chi connectivity index (χ4n) is 6.89. The number of aliphatic hydroxyl groups is 1. The Morgan fingerprint density at radius 3 is 1.23 bits per heavy atom. The molecule has 1 fully saturated rings. The largest absolute Gasteiger partial charge is 0.388 e. The molecule has 234 valence electrons. The molecule has 0 saturated heterocycles. The summed E-state index contributed by atoms with van der Waals surface area (Å²) >= 11 is 0. The number of aryl methyl sites for hydroxylation is 8. The van der Waals surface area contributed by atoms with Crippen LogP contribution in [0.5, 0.6) is 0 Å². The number of hydrogen-bond donors (Lipinski definition) is 1. The molecule has 1 aliphatic rings. The van der Waals surface area contributed by atoms with Crippen molar-refractivity contribution in [2.75, 3.05) is 0 Å². The van der Waals surface area contributed by atoms with Crippen LogP contribution in [0.1, 0.15) is 56.2 Å². The quantitative estimate of drug-likeness (QED) is 0.168. The first-order chi connectivity index (χ1) is 22.5. The van der Waals surface area contributed by atoms with Crippen LogP contribution in [0.2, 0.25) is 0 Å². The van der Waals surface area contributed by atoms with Crippen molar-refractivity contribution in [3.8, 4) is 0 Å². The molecule has 1 nitrogen and oxygen atoms in total. The molecule has 8 radical (unpaired) electrons. The molecular formula is C44H42OP2. The molecule has 47 heavy (non-hydrogen) atoms. The SMILES string of the molecule is Cc1cc(C)cc(P([C]2[C][C][C][C]2[C@@H](O)c2ccccc2P(c2cc(C)cc(C)c2)c2cc(C)cc(C)c2)c2cc(C)cc(C)c2)c1. The van der Waals surface area contributed by atoms with Gasteiger partial charge < -0.3 is 5.11 Å². The highest BCUT2D eigenvalue weighted by atomic mass is 31.1. The molecule has 0 heterocycles. The van der Waals surface area contributed by atoms with Crippen LogP contribution in [-0.4, -0.2) is 5.11 Å². The minimum Gasteiger partial charge on any atom is -0.388 e. The van der Waals surface area contributed by atoms with Crippen molar-refractivity contribution < 1.29 is 5.11 Å². The number of benzene rings is 5. The van der Waals surface area contributed by atoms with E-state index in [0.717, 1.165) is 22.4 Å². The van der Waals surface area contributed by atoms with Gasteiger partial charge in [0.25, 0.3) is 0 Å².